The Morgan fingerprint density at radius 3 is 2.79 bits per heavy atom. The fourth-order valence-corrected chi connectivity index (χ4v) is 2.68. The van der Waals surface area contributed by atoms with Gasteiger partial charge in [-0.25, -0.2) is 15.0 Å². The second-order valence-corrected chi connectivity index (χ2v) is 5.00. The van der Waals surface area contributed by atoms with Crippen LogP contribution in [0.25, 0.3) is 10.9 Å². The summed E-state index contributed by atoms with van der Waals surface area (Å²) in [7, 11) is 3.79. The van der Waals surface area contributed by atoms with Gasteiger partial charge in [0, 0.05) is 31.9 Å². The summed E-state index contributed by atoms with van der Waals surface area (Å²) in [6, 6.07) is 7.98. The maximum absolute atomic E-state index is 4.52. The second kappa shape index (κ2) is 4.89. The normalized spacial score (nSPS) is 10.8. The van der Waals surface area contributed by atoms with Crippen molar-refractivity contribution in [1.82, 2.24) is 19.5 Å². The minimum atomic E-state index is 0.621. The Hall–Kier alpha value is -2.08. The minimum absolute atomic E-state index is 0.621. The maximum atomic E-state index is 4.52. The standard InChI is InChI=1S/C13H13N5S/c1-14-12-16-10-6-4-3-5-9(10)11(17-12)19-13-15-7-8-18(13)2/h3-8H,1-2H3,(H,14,16,17). The van der Waals surface area contributed by atoms with Gasteiger partial charge in [0.2, 0.25) is 5.95 Å². The van der Waals surface area contributed by atoms with E-state index in [1.165, 1.54) is 0 Å². The van der Waals surface area contributed by atoms with E-state index in [9.17, 15) is 0 Å². The molecule has 3 aromatic rings. The molecule has 0 spiro atoms. The molecule has 0 saturated heterocycles. The van der Waals surface area contributed by atoms with Gasteiger partial charge in [-0.3, -0.25) is 0 Å². The molecule has 0 aliphatic heterocycles. The zero-order valence-electron chi connectivity index (χ0n) is 10.7. The first-order chi connectivity index (χ1) is 9.28. The lowest BCUT2D eigenvalue weighted by Crippen LogP contribution is -1.99. The van der Waals surface area contributed by atoms with Crippen molar-refractivity contribution in [3.63, 3.8) is 0 Å². The minimum Gasteiger partial charge on any atom is -0.357 e. The molecule has 1 aromatic carbocycles. The molecule has 96 valence electrons. The predicted octanol–water partition coefficient (Wildman–Crippen LogP) is 2.56. The van der Waals surface area contributed by atoms with Crippen LogP contribution in [0.4, 0.5) is 5.95 Å². The highest BCUT2D eigenvalue weighted by Gasteiger charge is 2.10. The molecule has 6 heteroatoms. The SMILES string of the molecule is CNc1nc(Sc2nccn2C)c2ccccc2n1. The smallest absolute Gasteiger partial charge is 0.224 e. The van der Waals surface area contributed by atoms with E-state index in [0.717, 1.165) is 21.1 Å². The summed E-state index contributed by atoms with van der Waals surface area (Å²) in [5.41, 5.74) is 0.929. The number of hydrogen-bond donors (Lipinski definition) is 1. The van der Waals surface area contributed by atoms with Gasteiger partial charge < -0.3 is 9.88 Å². The third-order valence-corrected chi connectivity index (χ3v) is 3.84. The second-order valence-electron chi connectivity index (χ2n) is 4.04. The number of para-hydroxylation sites is 1. The van der Waals surface area contributed by atoms with Crippen molar-refractivity contribution in [3.05, 3.63) is 36.7 Å². The number of nitrogens with one attached hydrogen (secondary N) is 1. The van der Waals surface area contributed by atoms with Gasteiger partial charge >= 0.3 is 0 Å². The average Bonchev–Trinajstić information content (AvgIpc) is 2.84. The van der Waals surface area contributed by atoms with Crippen molar-refractivity contribution in [2.75, 3.05) is 12.4 Å². The molecule has 0 unspecified atom stereocenters. The van der Waals surface area contributed by atoms with E-state index in [1.807, 2.05) is 49.1 Å². The zero-order valence-corrected chi connectivity index (χ0v) is 11.5. The number of benzene rings is 1. The van der Waals surface area contributed by atoms with E-state index in [4.69, 9.17) is 0 Å². The molecule has 0 radical (unpaired) electrons. The summed E-state index contributed by atoms with van der Waals surface area (Å²) in [5, 5.41) is 5.84. The van der Waals surface area contributed by atoms with Gasteiger partial charge in [-0.1, -0.05) is 18.2 Å². The number of rotatable bonds is 3. The molecule has 0 bridgehead atoms. The number of nitrogens with zero attached hydrogens (tertiary/aromatic N) is 4. The van der Waals surface area contributed by atoms with Gasteiger partial charge in [0.05, 0.1) is 5.52 Å². The van der Waals surface area contributed by atoms with E-state index in [1.54, 1.807) is 18.0 Å². The number of aryl methyl sites for hydroxylation is 1. The van der Waals surface area contributed by atoms with Gasteiger partial charge in [-0.2, -0.15) is 0 Å². The predicted molar refractivity (Wildman–Crippen MR) is 76.4 cm³/mol. The molecular formula is C13H13N5S. The molecular weight excluding hydrogens is 258 g/mol. The van der Waals surface area contributed by atoms with Crippen molar-refractivity contribution in [3.8, 4) is 0 Å². The Bertz CT molecular complexity index is 722. The molecule has 5 nitrogen and oxygen atoms in total. The Labute approximate surface area is 115 Å². The monoisotopic (exact) mass is 271 g/mol. The molecule has 0 aliphatic rings. The van der Waals surface area contributed by atoms with Crippen LogP contribution in [0.15, 0.2) is 46.8 Å². The van der Waals surface area contributed by atoms with Crippen molar-refractivity contribution < 1.29 is 0 Å². The summed E-state index contributed by atoms with van der Waals surface area (Å²) < 4.78 is 1.97. The molecule has 3 rings (SSSR count). The Balaban J connectivity index is 2.13. The quantitative estimate of drug-likeness (QED) is 0.742. The first kappa shape index (κ1) is 12.0. The molecule has 0 fully saturated rings. The third-order valence-electron chi connectivity index (χ3n) is 2.76. The van der Waals surface area contributed by atoms with Crippen LogP contribution in [0, 0.1) is 0 Å². The number of hydrogen-bond acceptors (Lipinski definition) is 5. The van der Waals surface area contributed by atoms with E-state index in [0.29, 0.717) is 5.95 Å². The summed E-state index contributed by atoms with van der Waals surface area (Å²) in [5.74, 6) is 0.621. The maximum Gasteiger partial charge on any atom is 0.224 e. The third kappa shape index (κ3) is 2.26. The lowest BCUT2D eigenvalue weighted by Gasteiger charge is -2.07. The fraction of sp³-hybridized carbons (Fsp3) is 0.154. The molecule has 0 saturated carbocycles. The summed E-state index contributed by atoms with van der Waals surface area (Å²) in [4.78, 5) is 13.3. The van der Waals surface area contributed by atoms with Crippen LogP contribution in [0.2, 0.25) is 0 Å². The highest BCUT2D eigenvalue weighted by atomic mass is 32.2. The van der Waals surface area contributed by atoms with Crippen LogP contribution in [0.5, 0.6) is 0 Å². The highest BCUT2D eigenvalue weighted by molar-refractivity contribution is 7.99. The zero-order chi connectivity index (χ0) is 13.2. The van der Waals surface area contributed by atoms with Crippen LogP contribution in [0.3, 0.4) is 0 Å². The number of aromatic nitrogens is 4. The van der Waals surface area contributed by atoms with E-state index >= 15 is 0 Å². The molecule has 2 heterocycles. The van der Waals surface area contributed by atoms with Crippen molar-refractivity contribution >= 4 is 28.6 Å². The largest absolute Gasteiger partial charge is 0.357 e. The number of imidazole rings is 1. The van der Waals surface area contributed by atoms with Gasteiger partial charge in [-0.15, -0.1) is 0 Å². The van der Waals surface area contributed by atoms with Crippen LogP contribution < -0.4 is 5.32 Å². The number of anilines is 1. The van der Waals surface area contributed by atoms with Crippen molar-refractivity contribution in [1.29, 1.82) is 0 Å². The van der Waals surface area contributed by atoms with Crippen LogP contribution >= 0.6 is 11.8 Å². The lowest BCUT2D eigenvalue weighted by atomic mass is 10.2. The average molecular weight is 271 g/mol. The van der Waals surface area contributed by atoms with E-state index in [-0.39, 0.29) is 0 Å². The molecule has 1 N–H and O–H groups in total. The van der Waals surface area contributed by atoms with Crippen LogP contribution in [-0.4, -0.2) is 26.6 Å². The highest BCUT2D eigenvalue weighted by Crippen LogP contribution is 2.30. The first-order valence-corrected chi connectivity index (χ1v) is 6.69. The Morgan fingerprint density at radius 2 is 2.05 bits per heavy atom. The van der Waals surface area contributed by atoms with Gasteiger partial charge in [0.15, 0.2) is 5.16 Å². The molecule has 19 heavy (non-hydrogen) atoms. The Kier molecular flexibility index (Phi) is 3.08. The topological polar surface area (TPSA) is 55.6 Å². The van der Waals surface area contributed by atoms with Crippen LogP contribution in [-0.2, 0) is 7.05 Å². The molecule has 0 atom stereocenters. The van der Waals surface area contributed by atoms with Crippen LogP contribution in [0.1, 0.15) is 0 Å². The molecule has 2 aromatic heterocycles. The molecule has 0 amide bonds. The molecule has 0 aliphatic carbocycles. The van der Waals surface area contributed by atoms with Crippen molar-refractivity contribution in [2.24, 2.45) is 7.05 Å². The van der Waals surface area contributed by atoms with Gasteiger partial charge in [0.1, 0.15) is 5.03 Å². The van der Waals surface area contributed by atoms with Crippen molar-refractivity contribution in [2.45, 2.75) is 10.2 Å². The van der Waals surface area contributed by atoms with E-state index < -0.39 is 0 Å². The Morgan fingerprint density at radius 1 is 1.21 bits per heavy atom. The summed E-state index contributed by atoms with van der Waals surface area (Å²) in [6.45, 7) is 0. The fourth-order valence-electron chi connectivity index (χ4n) is 1.77. The van der Waals surface area contributed by atoms with Gasteiger partial charge in [0.25, 0.3) is 0 Å². The summed E-state index contributed by atoms with van der Waals surface area (Å²) >= 11 is 1.54. The number of fused-ring (bicyclic) bond motifs is 1. The van der Waals surface area contributed by atoms with Gasteiger partial charge in [-0.05, 0) is 17.8 Å². The summed E-state index contributed by atoms with van der Waals surface area (Å²) in [6.07, 6.45) is 3.70. The van der Waals surface area contributed by atoms with E-state index in [2.05, 4.69) is 20.3 Å². The lowest BCUT2D eigenvalue weighted by molar-refractivity contribution is 0.789. The first-order valence-electron chi connectivity index (χ1n) is 5.87.